The van der Waals surface area contributed by atoms with Crippen molar-refractivity contribution in [1.82, 2.24) is 15.2 Å². The molecule has 2 aliphatic rings. The molecule has 0 bridgehead atoms. The first-order valence-electron chi connectivity index (χ1n) is 12.7. The van der Waals surface area contributed by atoms with Crippen LogP contribution in [0.3, 0.4) is 0 Å². The van der Waals surface area contributed by atoms with Gasteiger partial charge in [-0.15, -0.1) is 0 Å². The highest BCUT2D eigenvalue weighted by Gasteiger charge is 2.56. The van der Waals surface area contributed by atoms with Crippen LogP contribution in [0.25, 0.3) is 0 Å². The van der Waals surface area contributed by atoms with E-state index in [-0.39, 0.29) is 29.0 Å². The van der Waals surface area contributed by atoms with Crippen LogP contribution in [-0.2, 0) is 0 Å². The zero-order chi connectivity index (χ0) is 26.9. The van der Waals surface area contributed by atoms with Crippen molar-refractivity contribution in [3.63, 3.8) is 0 Å². The summed E-state index contributed by atoms with van der Waals surface area (Å²) in [5, 5.41) is 3.51. The Hall–Kier alpha value is -3.65. The van der Waals surface area contributed by atoms with Gasteiger partial charge in [0.15, 0.2) is 0 Å². The molecule has 2 fully saturated rings. The molecule has 3 aromatic rings. The van der Waals surface area contributed by atoms with Crippen LogP contribution in [-0.4, -0.2) is 46.9 Å². The van der Waals surface area contributed by atoms with Crippen molar-refractivity contribution in [3.8, 4) is 17.4 Å². The first kappa shape index (κ1) is 26.0. The Morgan fingerprint density at radius 1 is 1.08 bits per heavy atom. The van der Waals surface area contributed by atoms with E-state index < -0.39 is 11.7 Å². The van der Waals surface area contributed by atoms with Gasteiger partial charge in [-0.2, -0.15) is 0 Å². The van der Waals surface area contributed by atoms with E-state index in [0.717, 1.165) is 19.3 Å². The summed E-state index contributed by atoms with van der Waals surface area (Å²) >= 11 is 5.85. The van der Waals surface area contributed by atoms with Crippen LogP contribution >= 0.6 is 11.6 Å². The Labute approximate surface area is 225 Å². The molecule has 1 aliphatic heterocycles. The molecular formula is C29H29ClFN3O4. The zero-order valence-electron chi connectivity index (χ0n) is 21.2. The second-order valence-electron chi connectivity index (χ2n) is 10.1. The second-order valence-corrected chi connectivity index (χ2v) is 10.6. The Bertz CT molecular complexity index is 1320. The number of hydrogen-bond acceptors (Lipinski definition) is 5. The first-order valence-corrected chi connectivity index (χ1v) is 13.1. The third kappa shape index (κ3) is 5.75. The van der Waals surface area contributed by atoms with E-state index in [2.05, 4.69) is 10.3 Å². The van der Waals surface area contributed by atoms with Gasteiger partial charge >= 0.3 is 0 Å². The van der Waals surface area contributed by atoms with Crippen LogP contribution in [0, 0.1) is 11.2 Å². The van der Waals surface area contributed by atoms with Crippen molar-refractivity contribution < 1.29 is 23.5 Å². The number of nitrogens with one attached hydrogen (secondary N) is 1. The Kier molecular flexibility index (Phi) is 7.25. The van der Waals surface area contributed by atoms with Crippen molar-refractivity contribution in [2.75, 3.05) is 13.1 Å². The normalized spacial score (nSPS) is 17.8. The van der Waals surface area contributed by atoms with Crippen LogP contribution in [0.1, 0.15) is 53.8 Å². The van der Waals surface area contributed by atoms with Gasteiger partial charge in [0.1, 0.15) is 17.3 Å². The predicted octanol–water partition coefficient (Wildman–Crippen LogP) is 5.88. The van der Waals surface area contributed by atoms with Gasteiger partial charge in [-0.05, 0) is 81.0 Å². The number of hydrogen-bond donors (Lipinski definition) is 1. The fourth-order valence-corrected chi connectivity index (χ4v) is 5.02. The summed E-state index contributed by atoms with van der Waals surface area (Å²) in [6, 6.07) is 14.6. The molecule has 1 N–H and O–H groups in total. The summed E-state index contributed by atoms with van der Waals surface area (Å²) in [6.07, 6.45) is 3.84. The quantitative estimate of drug-likeness (QED) is 0.407. The lowest BCUT2D eigenvalue weighted by atomic mass is 9.92. The average Bonchev–Trinajstić information content (AvgIpc) is 3.55. The minimum Gasteiger partial charge on any atom is -0.491 e. The first-order chi connectivity index (χ1) is 18.2. The van der Waals surface area contributed by atoms with Gasteiger partial charge in [-0.1, -0.05) is 11.6 Å². The minimum absolute atomic E-state index is 0.00930. The van der Waals surface area contributed by atoms with Crippen LogP contribution in [0.4, 0.5) is 4.39 Å². The van der Waals surface area contributed by atoms with Crippen LogP contribution in [0.5, 0.6) is 17.4 Å². The van der Waals surface area contributed by atoms with Gasteiger partial charge in [0.05, 0.1) is 16.7 Å². The number of carbonyl (C=O) groups is 2. The predicted molar refractivity (Wildman–Crippen MR) is 141 cm³/mol. The summed E-state index contributed by atoms with van der Waals surface area (Å²) in [5.74, 6) is 0.328. The van der Waals surface area contributed by atoms with E-state index in [1.165, 1.54) is 18.3 Å². The number of carbonyl (C=O) groups excluding carboxylic acids is 2. The molecule has 1 saturated heterocycles. The van der Waals surface area contributed by atoms with Crippen molar-refractivity contribution in [2.45, 2.75) is 45.3 Å². The van der Waals surface area contributed by atoms with Gasteiger partial charge in [0, 0.05) is 43.0 Å². The number of halogens is 2. The molecule has 1 aliphatic carbocycles. The summed E-state index contributed by atoms with van der Waals surface area (Å²) < 4.78 is 25.7. The Balaban J connectivity index is 1.12. The van der Waals surface area contributed by atoms with E-state index in [1.54, 1.807) is 42.5 Å². The highest BCUT2D eigenvalue weighted by Crippen LogP contribution is 2.54. The summed E-state index contributed by atoms with van der Waals surface area (Å²) in [5.41, 5.74) is 0.556. The highest BCUT2D eigenvalue weighted by molar-refractivity contribution is 6.30. The zero-order valence-corrected chi connectivity index (χ0v) is 22.0. The lowest BCUT2D eigenvalue weighted by molar-refractivity contribution is 0.0667. The third-order valence-corrected chi connectivity index (χ3v) is 7.35. The summed E-state index contributed by atoms with van der Waals surface area (Å²) in [6.45, 7) is 4.93. The summed E-state index contributed by atoms with van der Waals surface area (Å²) in [7, 11) is 0. The monoisotopic (exact) mass is 537 g/mol. The molecule has 7 nitrogen and oxygen atoms in total. The molecule has 38 heavy (non-hydrogen) atoms. The molecule has 5 rings (SSSR count). The maximum atomic E-state index is 14.5. The highest BCUT2D eigenvalue weighted by atomic mass is 35.5. The maximum Gasteiger partial charge on any atom is 0.254 e. The van der Waals surface area contributed by atoms with Gasteiger partial charge in [-0.3, -0.25) is 9.59 Å². The fourth-order valence-electron chi connectivity index (χ4n) is 4.91. The van der Waals surface area contributed by atoms with E-state index in [4.69, 9.17) is 21.1 Å². The van der Waals surface area contributed by atoms with E-state index >= 15 is 0 Å². The number of ether oxygens (including phenoxy) is 2. The molecule has 2 heterocycles. The van der Waals surface area contributed by atoms with E-state index in [9.17, 15) is 14.0 Å². The van der Waals surface area contributed by atoms with Crippen LogP contribution < -0.4 is 14.8 Å². The standard InChI is InChI=1S/C29H29ClFN3O4/c1-18(2)37-22-8-9-23(24(31)15-22)27(35)33-25-16-29(25)11-13-34(14-12-29)28(36)19-3-6-21(7-4-19)38-26-10-5-20(30)17-32-26/h3-10,15,17-18,25H,11-14,16H2,1-2H3,(H,33,35). The van der Waals surface area contributed by atoms with E-state index in [1.807, 2.05) is 18.7 Å². The van der Waals surface area contributed by atoms with Gasteiger partial charge < -0.3 is 19.7 Å². The Morgan fingerprint density at radius 3 is 2.42 bits per heavy atom. The fraction of sp³-hybridized carbons (Fsp3) is 0.345. The number of amides is 2. The number of likely N-dealkylation sites (tertiary alicyclic amines) is 1. The van der Waals surface area contributed by atoms with Crippen molar-refractivity contribution >= 4 is 23.4 Å². The van der Waals surface area contributed by atoms with Gasteiger partial charge in [0.25, 0.3) is 11.8 Å². The number of nitrogens with zero attached hydrogens (tertiary/aromatic N) is 2. The largest absolute Gasteiger partial charge is 0.491 e. The molecule has 1 unspecified atom stereocenters. The van der Waals surface area contributed by atoms with Crippen molar-refractivity contribution in [2.24, 2.45) is 5.41 Å². The molecule has 1 atom stereocenters. The summed E-state index contributed by atoms with van der Waals surface area (Å²) in [4.78, 5) is 31.7. The van der Waals surface area contributed by atoms with Crippen molar-refractivity contribution in [3.05, 3.63) is 82.8 Å². The SMILES string of the molecule is CC(C)Oc1ccc(C(=O)NC2CC23CCN(C(=O)c2ccc(Oc4ccc(Cl)cn4)cc2)CC3)c(F)c1. The lowest BCUT2D eigenvalue weighted by Crippen LogP contribution is -2.41. The minimum atomic E-state index is -0.600. The topological polar surface area (TPSA) is 80.8 Å². The molecule has 2 aromatic carbocycles. The molecule has 1 spiro atoms. The molecule has 9 heteroatoms. The molecule has 0 radical (unpaired) electrons. The average molecular weight is 538 g/mol. The molecule has 198 valence electrons. The number of aromatic nitrogens is 1. The molecule has 2 amide bonds. The van der Waals surface area contributed by atoms with Crippen LogP contribution in [0.2, 0.25) is 5.02 Å². The molecular weight excluding hydrogens is 509 g/mol. The third-order valence-electron chi connectivity index (χ3n) is 7.12. The second kappa shape index (κ2) is 10.6. The number of rotatable bonds is 7. The van der Waals surface area contributed by atoms with E-state index in [0.29, 0.717) is 41.1 Å². The van der Waals surface area contributed by atoms with Gasteiger partial charge in [-0.25, -0.2) is 9.37 Å². The van der Waals surface area contributed by atoms with Crippen LogP contribution in [0.15, 0.2) is 60.8 Å². The number of benzene rings is 2. The Morgan fingerprint density at radius 2 is 1.79 bits per heavy atom. The molecule has 1 aromatic heterocycles. The molecule has 1 saturated carbocycles. The number of pyridine rings is 1. The lowest BCUT2D eigenvalue weighted by Gasteiger charge is -2.33. The smallest absolute Gasteiger partial charge is 0.254 e. The van der Waals surface area contributed by atoms with Crippen molar-refractivity contribution in [1.29, 1.82) is 0 Å². The maximum absolute atomic E-state index is 14.5. The number of piperidine rings is 1. The van der Waals surface area contributed by atoms with Gasteiger partial charge in [0.2, 0.25) is 5.88 Å².